The number of hydrogen-bond donors (Lipinski definition) is 1. The van der Waals surface area contributed by atoms with Gasteiger partial charge in [-0.05, 0) is 29.2 Å². The Kier molecular flexibility index (Phi) is 7.94. The van der Waals surface area contributed by atoms with Gasteiger partial charge in [-0.1, -0.05) is 68.9 Å². The van der Waals surface area contributed by atoms with Crippen LogP contribution in [0.15, 0.2) is 66.3 Å². The molecule has 1 aromatic heterocycles. The molecule has 178 valence electrons. The molecule has 8 heteroatoms. The summed E-state index contributed by atoms with van der Waals surface area (Å²) in [4.78, 5) is 26.2. The van der Waals surface area contributed by atoms with Crippen molar-refractivity contribution in [2.75, 3.05) is 25.2 Å². The van der Waals surface area contributed by atoms with Crippen molar-refractivity contribution in [2.45, 2.75) is 37.9 Å². The first-order valence-corrected chi connectivity index (χ1v) is 12.0. The van der Waals surface area contributed by atoms with E-state index < -0.39 is 0 Å². The minimum atomic E-state index is -0.191. The molecule has 1 N–H and O–H groups in total. The third kappa shape index (κ3) is 6.14. The number of aromatic nitrogens is 3. The van der Waals surface area contributed by atoms with Crippen molar-refractivity contribution in [2.24, 2.45) is 0 Å². The summed E-state index contributed by atoms with van der Waals surface area (Å²) >= 11 is 1.31. The van der Waals surface area contributed by atoms with Crippen molar-refractivity contribution in [3.05, 3.63) is 72.3 Å². The van der Waals surface area contributed by atoms with E-state index in [1.807, 2.05) is 16.7 Å². The second-order valence-corrected chi connectivity index (χ2v) is 10.1. The number of amides is 2. The van der Waals surface area contributed by atoms with E-state index in [9.17, 15) is 9.59 Å². The van der Waals surface area contributed by atoms with E-state index in [-0.39, 0.29) is 23.0 Å². The maximum atomic E-state index is 12.6. The quantitative estimate of drug-likeness (QED) is 0.370. The fourth-order valence-electron chi connectivity index (χ4n) is 3.34. The molecule has 0 unspecified atom stereocenters. The van der Waals surface area contributed by atoms with Gasteiger partial charge in [0.05, 0.1) is 5.75 Å². The van der Waals surface area contributed by atoms with Gasteiger partial charge in [-0.25, -0.2) is 0 Å². The van der Waals surface area contributed by atoms with Gasteiger partial charge >= 0.3 is 0 Å². The molecule has 0 radical (unpaired) electrons. The number of nitrogens with one attached hydrogen (secondary N) is 1. The van der Waals surface area contributed by atoms with Crippen molar-refractivity contribution in [1.29, 1.82) is 0 Å². The average molecular weight is 478 g/mol. The molecule has 2 aromatic carbocycles. The van der Waals surface area contributed by atoms with E-state index in [0.717, 1.165) is 11.4 Å². The summed E-state index contributed by atoms with van der Waals surface area (Å²) in [7, 11) is 3.38. The smallest absolute Gasteiger partial charge is 0.253 e. The van der Waals surface area contributed by atoms with E-state index in [2.05, 4.69) is 55.0 Å². The molecule has 0 fully saturated rings. The van der Waals surface area contributed by atoms with Gasteiger partial charge in [-0.3, -0.25) is 14.2 Å². The molecular formula is C26H31N5O2S. The van der Waals surface area contributed by atoms with Gasteiger partial charge < -0.3 is 10.2 Å². The summed E-state index contributed by atoms with van der Waals surface area (Å²) in [5.74, 6) is 0.581. The highest BCUT2D eigenvalue weighted by Gasteiger charge is 2.17. The van der Waals surface area contributed by atoms with E-state index in [1.165, 1.54) is 22.2 Å². The van der Waals surface area contributed by atoms with Crippen LogP contribution in [0.25, 0.3) is 11.4 Å². The van der Waals surface area contributed by atoms with Crippen LogP contribution in [-0.4, -0.2) is 51.3 Å². The van der Waals surface area contributed by atoms with E-state index in [1.54, 1.807) is 44.4 Å². The van der Waals surface area contributed by atoms with Crippen molar-refractivity contribution in [3.8, 4) is 11.4 Å². The maximum Gasteiger partial charge on any atom is 0.253 e. The van der Waals surface area contributed by atoms with Gasteiger partial charge in [-0.15, -0.1) is 16.8 Å². The average Bonchev–Trinajstić information content (AvgIpc) is 3.19. The summed E-state index contributed by atoms with van der Waals surface area (Å²) in [6.45, 7) is 10.9. The summed E-state index contributed by atoms with van der Waals surface area (Å²) in [5.41, 5.74) is 3.37. The Morgan fingerprint density at radius 1 is 1.12 bits per heavy atom. The highest BCUT2D eigenvalue weighted by Crippen LogP contribution is 2.28. The molecule has 1 heterocycles. The van der Waals surface area contributed by atoms with Crippen molar-refractivity contribution < 1.29 is 9.59 Å². The van der Waals surface area contributed by atoms with Gasteiger partial charge in [0.2, 0.25) is 5.91 Å². The lowest BCUT2D eigenvalue weighted by atomic mass is 9.87. The van der Waals surface area contributed by atoms with Crippen LogP contribution in [0.1, 0.15) is 36.7 Å². The Bertz CT molecular complexity index is 1180. The molecule has 0 bridgehead atoms. The van der Waals surface area contributed by atoms with Gasteiger partial charge in [-0.2, -0.15) is 0 Å². The standard InChI is InChI=1S/C26H31N5O2S/c1-7-15-31-23(18-11-13-20(14-12-18)26(2,3)4)28-29-25(31)34-17-22(32)27-21-10-8-9-19(16-21)24(33)30(5)6/h7-14,16H,1,15,17H2,2-6H3,(H,27,32). The van der Waals surface area contributed by atoms with Crippen LogP contribution >= 0.6 is 11.8 Å². The van der Waals surface area contributed by atoms with Crippen LogP contribution in [0.5, 0.6) is 0 Å². The van der Waals surface area contributed by atoms with Crippen LogP contribution in [0.4, 0.5) is 5.69 Å². The Hall–Kier alpha value is -3.39. The zero-order valence-corrected chi connectivity index (χ0v) is 21.1. The normalized spacial score (nSPS) is 11.2. The molecule has 0 atom stereocenters. The zero-order chi connectivity index (χ0) is 24.9. The molecule has 7 nitrogen and oxygen atoms in total. The Labute approximate surface area is 205 Å². The van der Waals surface area contributed by atoms with E-state index in [0.29, 0.717) is 23.0 Å². The van der Waals surface area contributed by atoms with Gasteiger partial charge in [0, 0.05) is 37.5 Å². The Morgan fingerprint density at radius 3 is 2.44 bits per heavy atom. The molecule has 3 rings (SSSR count). The highest BCUT2D eigenvalue weighted by molar-refractivity contribution is 7.99. The highest BCUT2D eigenvalue weighted by atomic mass is 32.2. The number of hydrogen-bond acceptors (Lipinski definition) is 5. The predicted octanol–water partition coefficient (Wildman–Crippen LogP) is 4.86. The van der Waals surface area contributed by atoms with Crippen LogP contribution in [0.2, 0.25) is 0 Å². The summed E-state index contributed by atoms with van der Waals surface area (Å²) in [6.07, 6.45) is 1.79. The lowest BCUT2D eigenvalue weighted by molar-refractivity contribution is -0.113. The Morgan fingerprint density at radius 2 is 1.82 bits per heavy atom. The largest absolute Gasteiger partial charge is 0.345 e. The fraction of sp³-hybridized carbons (Fsp3) is 0.308. The molecule has 0 spiro atoms. The SMILES string of the molecule is C=CCn1c(SCC(=O)Nc2cccc(C(=O)N(C)C)c2)nnc1-c1ccc(C(C)(C)C)cc1. The lowest BCUT2D eigenvalue weighted by Gasteiger charge is -2.19. The number of allylic oxidation sites excluding steroid dienone is 1. The predicted molar refractivity (Wildman–Crippen MR) is 138 cm³/mol. The molecular weight excluding hydrogens is 446 g/mol. The van der Waals surface area contributed by atoms with Crippen LogP contribution < -0.4 is 5.32 Å². The number of nitrogens with zero attached hydrogens (tertiary/aromatic N) is 4. The van der Waals surface area contributed by atoms with Gasteiger partial charge in [0.15, 0.2) is 11.0 Å². The second kappa shape index (κ2) is 10.7. The molecule has 0 saturated heterocycles. The minimum Gasteiger partial charge on any atom is -0.345 e. The molecule has 0 aliphatic rings. The van der Waals surface area contributed by atoms with Crippen LogP contribution in [0, 0.1) is 0 Å². The maximum absolute atomic E-state index is 12.6. The van der Waals surface area contributed by atoms with Crippen molar-refractivity contribution in [3.63, 3.8) is 0 Å². The number of carbonyl (C=O) groups is 2. The number of benzene rings is 2. The molecule has 0 aliphatic heterocycles. The fourth-order valence-corrected chi connectivity index (χ4v) is 4.09. The summed E-state index contributed by atoms with van der Waals surface area (Å²) in [6, 6.07) is 15.2. The molecule has 34 heavy (non-hydrogen) atoms. The van der Waals surface area contributed by atoms with E-state index >= 15 is 0 Å². The molecule has 0 saturated carbocycles. The molecule has 0 aliphatic carbocycles. The van der Waals surface area contributed by atoms with Crippen LogP contribution in [0.3, 0.4) is 0 Å². The molecule has 2 amide bonds. The number of anilines is 1. The topological polar surface area (TPSA) is 80.1 Å². The third-order valence-electron chi connectivity index (χ3n) is 5.17. The first-order chi connectivity index (χ1) is 16.1. The number of thioether (sulfide) groups is 1. The van der Waals surface area contributed by atoms with Crippen molar-refractivity contribution in [1.82, 2.24) is 19.7 Å². The first kappa shape index (κ1) is 25.2. The van der Waals surface area contributed by atoms with Gasteiger partial charge in [0.25, 0.3) is 5.91 Å². The van der Waals surface area contributed by atoms with Crippen LogP contribution in [-0.2, 0) is 16.8 Å². The monoisotopic (exact) mass is 477 g/mol. The summed E-state index contributed by atoms with van der Waals surface area (Å²) in [5, 5.41) is 12.2. The first-order valence-electron chi connectivity index (χ1n) is 11.0. The number of carbonyl (C=O) groups excluding carboxylic acids is 2. The third-order valence-corrected chi connectivity index (χ3v) is 6.14. The van der Waals surface area contributed by atoms with Crippen molar-refractivity contribution >= 4 is 29.3 Å². The van der Waals surface area contributed by atoms with Gasteiger partial charge in [0.1, 0.15) is 0 Å². The minimum absolute atomic E-state index is 0.0704. The molecule has 3 aromatic rings. The lowest BCUT2D eigenvalue weighted by Crippen LogP contribution is -2.22. The zero-order valence-electron chi connectivity index (χ0n) is 20.3. The van der Waals surface area contributed by atoms with E-state index in [4.69, 9.17) is 0 Å². The summed E-state index contributed by atoms with van der Waals surface area (Å²) < 4.78 is 1.95. The second-order valence-electron chi connectivity index (χ2n) is 9.15. The Balaban J connectivity index is 1.71. The number of rotatable bonds is 8.